The number of nitrogens with zero attached hydrogens (tertiary/aromatic N) is 1. The molecule has 5 heteroatoms. The fraction of sp³-hybridized carbons (Fsp3) is 0.889. The molecule has 0 aromatic carbocycles. The highest BCUT2D eigenvalue weighted by Gasteiger charge is 2.26. The molecule has 0 bridgehead atoms. The number of carbonyl (C=O) groups is 1. The summed E-state index contributed by atoms with van der Waals surface area (Å²) in [5.41, 5.74) is 0. The lowest BCUT2D eigenvalue weighted by Gasteiger charge is -2.26. The fourth-order valence-electron chi connectivity index (χ4n) is 1.88. The first kappa shape index (κ1) is 11.3. The predicted molar refractivity (Wildman–Crippen MR) is 51.9 cm³/mol. The molecule has 1 aliphatic heterocycles. The Labute approximate surface area is 84.0 Å². The molecule has 1 rings (SSSR count). The van der Waals surface area contributed by atoms with Crippen LogP contribution in [0.1, 0.15) is 19.8 Å². The van der Waals surface area contributed by atoms with Gasteiger partial charge in [-0.05, 0) is 31.8 Å². The van der Waals surface area contributed by atoms with Crippen LogP contribution in [0.15, 0.2) is 0 Å². The van der Waals surface area contributed by atoms with Crippen LogP contribution in [-0.4, -0.2) is 42.5 Å². The van der Waals surface area contributed by atoms with E-state index < -0.39 is 6.09 Å². The number of hydrogen-bond donors (Lipinski definition) is 2. The summed E-state index contributed by atoms with van der Waals surface area (Å²) in [7, 11) is 1.40. The lowest BCUT2D eigenvalue weighted by molar-refractivity contribution is -0.135. The third kappa shape index (κ3) is 2.85. The van der Waals surface area contributed by atoms with E-state index in [1.165, 1.54) is 7.11 Å². The third-order valence-electron chi connectivity index (χ3n) is 2.54. The molecule has 2 unspecified atom stereocenters. The summed E-state index contributed by atoms with van der Waals surface area (Å²) in [6.07, 6.45) is 0.657. The Hall–Kier alpha value is -0.810. The molecule has 0 aromatic rings. The van der Waals surface area contributed by atoms with Crippen molar-refractivity contribution < 1.29 is 14.7 Å². The minimum absolute atomic E-state index is 0.0255. The Morgan fingerprint density at radius 3 is 2.93 bits per heavy atom. The molecule has 1 aliphatic rings. The van der Waals surface area contributed by atoms with Crippen LogP contribution in [-0.2, 0) is 4.84 Å². The van der Waals surface area contributed by atoms with Crippen molar-refractivity contribution in [2.24, 2.45) is 5.92 Å². The van der Waals surface area contributed by atoms with Gasteiger partial charge in [0.2, 0.25) is 0 Å². The number of amides is 1. The Balaban J connectivity index is 2.58. The van der Waals surface area contributed by atoms with Crippen LogP contribution in [0, 0.1) is 5.92 Å². The van der Waals surface area contributed by atoms with Gasteiger partial charge in [0.1, 0.15) is 0 Å². The second-order valence-electron chi connectivity index (χ2n) is 3.78. The van der Waals surface area contributed by atoms with Gasteiger partial charge in [0.15, 0.2) is 0 Å². The van der Waals surface area contributed by atoms with Crippen LogP contribution in [0.5, 0.6) is 0 Å². The van der Waals surface area contributed by atoms with Crippen LogP contribution in [0.3, 0.4) is 0 Å². The van der Waals surface area contributed by atoms with E-state index in [1.54, 1.807) is 0 Å². The van der Waals surface area contributed by atoms with E-state index in [4.69, 9.17) is 9.94 Å². The number of hydrogen-bond acceptors (Lipinski definition) is 3. The number of nitrogens with one attached hydrogen (secondary N) is 1. The molecule has 82 valence electrons. The Bertz CT molecular complexity index is 198. The van der Waals surface area contributed by atoms with Gasteiger partial charge in [0.25, 0.3) is 0 Å². The average Bonchev–Trinajstić information content (AvgIpc) is 2.31. The molecule has 1 amide bonds. The minimum atomic E-state index is -1.01. The first-order valence-electron chi connectivity index (χ1n) is 4.92. The maximum absolute atomic E-state index is 10.8. The average molecular weight is 202 g/mol. The van der Waals surface area contributed by atoms with Gasteiger partial charge < -0.3 is 10.4 Å². The molecule has 14 heavy (non-hydrogen) atoms. The standard InChI is InChI=1S/C9H18N2O3/c1-7-5-8(3-4-10-6-7)11(14-2)9(12)13/h7-8,10H,3-6H2,1-2H3,(H,12,13). The van der Waals surface area contributed by atoms with Crippen molar-refractivity contribution in [3.05, 3.63) is 0 Å². The van der Waals surface area contributed by atoms with E-state index in [0.717, 1.165) is 31.0 Å². The summed E-state index contributed by atoms with van der Waals surface area (Å²) in [5, 5.41) is 13.2. The maximum Gasteiger partial charge on any atom is 0.431 e. The number of carboxylic acid groups (broad SMARTS) is 1. The van der Waals surface area contributed by atoms with Crippen molar-refractivity contribution in [2.45, 2.75) is 25.8 Å². The van der Waals surface area contributed by atoms with Crippen LogP contribution < -0.4 is 5.32 Å². The zero-order valence-electron chi connectivity index (χ0n) is 8.69. The van der Waals surface area contributed by atoms with Crippen molar-refractivity contribution in [2.75, 3.05) is 20.2 Å². The van der Waals surface area contributed by atoms with Gasteiger partial charge in [0, 0.05) is 0 Å². The Kier molecular flexibility index (Phi) is 4.16. The molecule has 1 fully saturated rings. The quantitative estimate of drug-likeness (QED) is 0.653. The highest BCUT2D eigenvalue weighted by molar-refractivity contribution is 5.63. The predicted octanol–water partition coefficient (Wildman–Crippen LogP) is 0.916. The zero-order valence-corrected chi connectivity index (χ0v) is 8.69. The summed E-state index contributed by atoms with van der Waals surface area (Å²) >= 11 is 0. The van der Waals surface area contributed by atoms with Gasteiger partial charge in [-0.3, -0.25) is 4.84 Å². The van der Waals surface area contributed by atoms with Crippen LogP contribution >= 0.6 is 0 Å². The van der Waals surface area contributed by atoms with E-state index in [2.05, 4.69) is 12.2 Å². The monoisotopic (exact) mass is 202 g/mol. The van der Waals surface area contributed by atoms with Crippen molar-refractivity contribution in [1.29, 1.82) is 0 Å². The van der Waals surface area contributed by atoms with Crippen molar-refractivity contribution in [3.8, 4) is 0 Å². The van der Waals surface area contributed by atoms with E-state index in [9.17, 15) is 4.79 Å². The minimum Gasteiger partial charge on any atom is -0.463 e. The Morgan fingerprint density at radius 2 is 2.36 bits per heavy atom. The molecule has 0 radical (unpaired) electrons. The van der Waals surface area contributed by atoms with Crippen LogP contribution in [0.2, 0.25) is 0 Å². The Morgan fingerprint density at radius 1 is 1.64 bits per heavy atom. The SMILES string of the molecule is CON(C(=O)O)C1CCNCC(C)C1. The van der Waals surface area contributed by atoms with Gasteiger partial charge >= 0.3 is 6.09 Å². The second kappa shape index (κ2) is 5.17. The summed E-state index contributed by atoms with van der Waals surface area (Å²) in [4.78, 5) is 15.7. The van der Waals surface area contributed by atoms with Gasteiger partial charge in [-0.15, -0.1) is 0 Å². The molecule has 0 aliphatic carbocycles. The molecular weight excluding hydrogens is 184 g/mol. The highest BCUT2D eigenvalue weighted by atomic mass is 16.7. The molecule has 0 spiro atoms. The lowest BCUT2D eigenvalue weighted by atomic mass is 10.0. The molecule has 1 saturated heterocycles. The fourth-order valence-corrected chi connectivity index (χ4v) is 1.88. The van der Waals surface area contributed by atoms with E-state index >= 15 is 0 Å². The summed E-state index contributed by atoms with van der Waals surface area (Å²) in [6, 6.07) is -0.0255. The largest absolute Gasteiger partial charge is 0.463 e. The summed E-state index contributed by atoms with van der Waals surface area (Å²) in [6.45, 7) is 3.91. The molecular formula is C9H18N2O3. The van der Waals surface area contributed by atoms with Crippen LogP contribution in [0.4, 0.5) is 4.79 Å². The molecule has 2 N–H and O–H groups in total. The lowest BCUT2D eigenvalue weighted by Crippen LogP contribution is -2.39. The van der Waals surface area contributed by atoms with E-state index in [1.807, 2.05) is 0 Å². The van der Waals surface area contributed by atoms with E-state index in [0.29, 0.717) is 5.92 Å². The topological polar surface area (TPSA) is 61.8 Å². The molecule has 2 atom stereocenters. The number of rotatable bonds is 2. The normalized spacial score (nSPS) is 28.1. The van der Waals surface area contributed by atoms with Crippen molar-refractivity contribution in [1.82, 2.24) is 10.4 Å². The van der Waals surface area contributed by atoms with Crippen molar-refractivity contribution >= 4 is 6.09 Å². The highest BCUT2D eigenvalue weighted by Crippen LogP contribution is 2.17. The van der Waals surface area contributed by atoms with Gasteiger partial charge in [-0.25, -0.2) is 4.79 Å². The van der Waals surface area contributed by atoms with Gasteiger partial charge in [-0.1, -0.05) is 6.92 Å². The smallest absolute Gasteiger partial charge is 0.431 e. The van der Waals surface area contributed by atoms with Gasteiger partial charge in [-0.2, -0.15) is 5.06 Å². The second-order valence-corrected chi connectivity index (χ2v) is 3.78. The molecule has 0 saturated carbocycles. The number of hydroxylamine groups is 2. The first-order valence-corrected chi connectivity index (χ1v) is 4.92. The molecule has 5 nitrogen and oxygen atoms in total. The molecule has 1 heterocycles. The van der Waals surface area contributed by atoms with Crippen molar-refractivity contribution in [3.63, 3.8) is 0 Å². The summed E-state index contributed by atoms with van der Waals surface area (Å²) < 4.78 is 0. The summed E-state index contributed by atoms with van der Waals surface area (Å²) in [5.74, 6) is 0.486. The third-order valence-corrected chi connectivity index (χ3v) is 2.54. The van der Waals surface area contributed by atoms with Crippen LogP contribution in [0.25, 0.3) is 0 Å². The maximum atomic E-state index is 10.8. The zero-order chi connectivity index (χ0) is 10.6. The van der Waals surface area contributed by atoms with Gasteiger partial charge in [0.05, 0.1) is 13.2 Å². The molecule has 0 aromatic heterocycles. The van der Waals surface area contributed by atoms with E-state index in [-0.39, 0.29) is 6.04 Å². The first-order chi connectivity index (χ1) is 6.65.